The summed E-state index contributed by atoms with van der Waals surface area (Å²) in [6.07, 6.45) is 2.11. The van der Waals surface area contributed by atoms with Gasteiger partial charge in [0.2, 0.25) is 29.5 Å². The lowest BCUT2D eigenvalue weighted by Crippen LogP contribution is -2.50. The monoisotopic (exact) mass is 738 g/mol. The number of nitrogens with zero attached hydrogens (tertiary/aromatic N) is 4. The molecule has 3 heterocycles. The van der Waals surface area contributed by atoms with Gasteiger partial charge in [-0.05, 0) is 42.7 Å². The zero-order valence-corrected chi connectivity index (χ0v) is 29.1. The minimum atomic E-state index is -1.33. The van der Waals surface area contributed by atoms with Crippen molar-refractivity contribution in [1.29, 1.82) is 0 Å². The molecule has 4 amide bonds. The van der Waals surface area contributed by atoms with E-state index in [1.165, 1.54) is 38.0 Å². The highest BCUT2D eigenvalue weighted by Crippen LogP contribution is 2.30. The number of aromatic hydroxyl groups is 2. The van der Waals surface area contributed by atoms with Crippen LogP contribution in [0.1, 0.15) is 54.0 Å². The molecule has 0 saturated carbocycles. The summed E-state index contributed by atoms with van der Waals surface area (Å²) in [6.45, 7) is 1.02. The lowest BCUT2D eigenvalue weighted by atomic mass is 10.1. The molecule has 0 aromatic carbocycles. The maximum absolute atomic E-state index is 13.2. The molecule has 0 aliphatic heterocycles. The van der Waals surface area contributed by atoms with Gasteiger partial charge in [0, 0.05) is 57.7 Å². The molecule has 0 radical (unpaired) electrons. The van der Waals surface area contributed by atoms with E-state index in [0.29, 0.717) is 23.1 Å². The van der Waals surface area contributed by atoms with Crippen LogP contribution < -0.4 is 21.7 Å². The van der Waals surface area contributed by atoms with Crippen LogP contribution in [0.25, 0.3) is 0 Å². The van der Waals surface area contributed by atoms with Gasteiger partial charge in [0.15, 0.2) is 18.1 Å². The van der Waals surface area contributed by atoms with Crippen molar-refractivity contribution in [2.24, 2.45) is 5.73 Å². The molecule has 5 N–H and O–H groups in total. The van der Waals surface area contributed by atoms with Crippen molar-refractivity contribution in [3.63, 3.8) is 0 Å². The maximum atomic E-state index is 13.2. The molecule has 18 nitrogen and oxygen atoms in total. The molecule has 20 heteroatoms. The Morgan fingerprint density at radius 3 is 2.40 bits per heavy atom. The summed E-state index contributed by atoms with van der Waals surface area (Å²) in [4.78, 5) is 85.2. The Morgan fingerprint density at radius 2 is 1.78 bits per heavy atom. The Kier molecular flexibility index (Phi) is 15.1. The fourth-order valence-corrected chi connectivity index (χ4v) is 6.15. The van der Waals surface area contributed by atoms with Gasteiger partial charge in [-0.15, -0.1) is 4.73 Å². The van der Waals surface area contributed by atoms with Gasteiger partial charge in [0.1, 0.15) is 11.1 Å². The fourth-order valence-electron chi connectivity index (χ4n) is 4.14. The number of amides is 4. The standard InChI is InChI=1S/C30H38N6O12S2/c1-18-21(47-30(44)46-18)17-45-29(43)34(2)13-12-32-28(42)20(15-26(40)48-36-24(38)10-11-25(36)39)35(3)23(37)7-5-4-6-14-49-50-22-9-8-19(16-33-22)27(31)41/h8-11,16,20,38-39H,4-7,12-15,17H2,1-3H3,(H2,31,41)(H,32,42). The van der Waals surface area contributed by atoms with Crippen molar-refractivity contribution in [2.75, 3.05) is 32.9 Å². The highest BCUT2D eigenvalue weighted by atomic mass is 33.1. The summed E-state index contributed by atoms with van der Waals surface area (Å²) in [6, 6.07) is 4.16. The first kappa shape index (κ1) is 39.3. The van der Waals surface area contributed by atoms with Crippen LogP contribution in [0.2, 0.25) is 0 Å². The molecule has 272 valence electrons. The summed E-state index contributed by atoms with van der Waals surface area (Å²) < 4.78 is 15.1. The average Bonchev–Trinajstić information content (AvgIpc) is 3.58. The number of hydrogen-bond donors (Lipinski definition) is 4. The van der Waals surface area contributed by atoms with Gasteiger partial charge in [-0.25, -0.2) is 19.4 Å². The molecule has 3 rings (SSSR count). The largest absolute Gasteiger partial charge is 0.519 e. The van der Waals surface area contributed by atoms with E-state index in [1.54, 1.807) is 22.9 Å². The molecule has 3 aromatic rings. The van der Waals surface area contributed by atoms with E-state index in [4.69, 9.17) is 24.1 Å². The SMILES string of the molecule is Cc1oc(=O)oc1COC(=O)N(C)CCNC(=O)C(CC(=O)On1c(O)ccc1O)N(C)C(=O)CCCCCSSc1ccc(C(N)=O)cn1. The molecule has 1 atom stereocenters. The van der Waals surface area contributed by atoms with Crippen molar-refractivity contribution in [3.8, 4) is 11.8 Å². The first-order chi connectivity index (χ1) is 23.8. The minimum absolute atomic E-state index is 0.0239. The lowest BCUT2D eigenvalue weighted by molar-refractivity contribution is -0.150. The Morgan fingerprint density at radius 1 is 1.06 bits per heavy atom. The second-order valence-electron chi connectivity index (χ2n) is 10.7. The van der Waals surface area contributed by atoms with Crippen molar-refractivity contribution >= 4 is 51.4 Å². The number of likely N-dealkylation sites (N-methyl/N-ethyl adjacent to an activating group) is 2. The summed E-state index contributed by atoms with van der Waals surface area (Å²) >= 11 is 0. The highest BCUT2D eigenvalue weighted by molar-refractivity contribution is 8.76. The number of ether oxygens (including phenoxy) is 1. The van der Waals surface area contributed by atoms with Crippen LogP contribution in [0.3, 0.4) is 0 Å². The number of hydrogen-bond acceptors (Lipinski definition) is 15. The van der Waals surface area contributed by atoms with Crippen LogP contribution in [-0.2, 0) is 25.7 Å². The van der Waals surface area contributed by atoms with Crippen LogP contribution in [0.5, 0.6) is 11.8 Å². The van der Waals surface area contributed by atoms with Crippen LogP contribution in [-0.4, -0.2) is 98.5 Å². The molecule has 0 saturated heterocycles. The third-order valence-corrected chi connectivity index (χ3v) is 9.37. The van der Waals surface area contributed by atoms with Crippen molar-refractivity contribution in [3.05, 3.63) is 58.2 Å². The summed E-state index contributed by atoms with van der Waals surface area (Å²) in [5, 5.41) is 22.9. The minimum Gasteiger partial charge on any atom is -0.492 e. The maximum Gasteiger partial charge on any atom is 0.519 e. The lowest BCUT2D eigenvalue weighted by Gasteiger charge is -2.27. The van der Waals surface area contributed by atoms with Gasteiger partial charge in [0.25, 0.3) is 0 Å². The summed E-state index contributed by atoms with van der Waals surface area (Å²) in [5.41, 5.74) is 5.55. The number of pyridine rings is 1. The van der Waals surface area contributed by atoms with Gasteiger partial charge < -0.3 is 49.5 Å². The van der Waals surface area contributed by atoms with E-state index in [9.17, 15) is 39.0 Å². The van der Waals surface area contributed by atoms with E-state index in [-0.39, 0.29) is 37.6 Å². The number of primary amides is 1. The molecule has 0 aliphatic carbocycles. The number of aryl methyl sites for hydroxylation is 1. The van der Waals surface area contributed by atoms with Gasteiger partial charge in [-0.1, -0.05) is 17.2 Å². The molecular formula is C30H38N6O12S2. The molecular weight excluding hydrogens is 700 g/mol. The van der Waals surface area contributed by atoms with Crippen LogP contribution in [0, 0.1) is 6.92 Å². The number of carbonyl (C=O) groups excluding carboxylic acids is 5. The van der Waals surface area contributed by atoms with E-state index in [1.807, 2.05) is 0 Å². The van der Waals surface area contributed by atoms with Gasteiger partial charge in [0.05, 0.1) is 12.0 Å². The van der Waals surface area contributed by atoms with E-state index in [0.717, 1.165) is 39.1 Å². The number of carbonyl (C=O) groups is 5. The zero-order valence-electron chi connectivity index (χ0n) is 27.5. The van der Waals surface area contributed by atoms with Crippen molar-refractivity contribution in [2.45, 2.75) is 56.7 Å². The smallest absolute Gasteiger partial charge is 0.492 e. The number of unbranched alkanes of at least 4 members (excludes halogenated alkanes) is 2. The topological polar surface area (TPSA) is 250 Å². The number of aromatic nitrogens is 2. The van der Waals surface area contributed by atoms with E-state index >= 15 is 0 Å². The quantitative estimate of drug-likeness (QED) is 0.101. The van der Waals surface area contributed by atoms with Crippen molar-refractivity contribution < 1.29 is 52.6 Å². The van der Waals surface area contributed by atoms with Gasteiger partial charge >= 0.3 is 17.9 Å². The highest BCUT2D eigenvalue weighted by Gasteiger charge is 2.31. The molecule has 0 fully saturated rings. The Labute approximate surface area is 293 Å². The zero-order chi connectivity index (χ0) is 36.8. The average molecular weight is 739 g/mol. The van der Waals surface area contributed by atoms with Crippen LogP contribution in [0.4, 0.5) is 4.79 Å². The van der Waals surface area contributed by atoms with Gasteiger partial charge in [-0.2, -0.15) is 0 Å². The molecule has 0 aliphatic rings. The third kappa shape index (κ3) is 12.1. The summed E-state index contributed by atoms with van der Waals surface area (Å²) in [5.74, 6) is -3.77. The molecule has 3 aromatic heterocycles. The van der Waals surface area contributed by atoms with Gasteiger partial charge in [-0.3, -0.25) is 14.4 Å². The number of nitrogens with one attached hydrogen (secondary N) is 1. The predicted molar refractivity (Wildman–Crippen MR) is 178 cm³/mol. The molecule has 0 spiro atoms. The normalized spacial score (nSPS) is 11.4. The van der Waals surface area contributed by atoms with Crippen LogP contribution in [0.15, 0.2) is 49.1 Å². The predicted octanol–water partition coefficient (Wildman–Crippen LogP) is 1.81. The van der Waals surface area contributed by atoms with Crippen LogP contribution >= 0.6 is 21.6 Å². The summed E-state index contributed by atoms with van der Waals surface area (Å²) in [7, 11) is 5.79. The number of rotatable bonds is 19. The fraction of sp³-hybridized carbons (Fsp3) is 0.433. The Bertz CT molecular complexity index is 1670. The Hall–Kier alpha value is -5.11. The first-order valence-electron chi connectivity index (χ1n) is 15.1. The first-order valence-corrected chi connectivity index (χ1v) is 17.5. The third-order valence-electron chi connectivity index (χ3n) is 7.02. The Balaban J connectivity index is 1.48. The molecule has 1 unspecified atom stereocenters. The second-order valence-corrected chi connectivity index (χ2v) is 13.1. The second kappa shape index (κ2) is 19.2. The van der Waals surface area contributed by atoms with Crippen molar-refractivity contribution in [1.82, 2.24) is 24.8 Å². The number of nitrogens with two attached hydrogens (primary N) is 1. The molecule has 0 bridgehead atoms. The van der Waals surface area contributed by atoms with E-state index < -0.39 is 59.8 Å². The van der Waals surface area contributed by atoms with E-state index in [2.05, 4.69) is 10.3 Å². The molecule has 50 heavy (non-hydrogen) atoms.